The number of fused-ring (bicyclic) bond motifs is 1. The number of carbonyl (C=O) groups is 2. The quantitative estimate of drug-likeness (QED) is 0.561. The molecule has 1 amide bonds. The van der Waals surface area contributed by atoms with Gasteiger partial charge in [-0.25, -0.2) is 9.48 Å². The molecule has 0 aliphatic carbocycles. The van der Waals surface area contributed by atoms with Crippen LogP contribution in [-0.2, 0) is 16.1 Å². The molecule has 0 saturated heterocycles. The Bertz CT molecular complexity index is 1220. The zero-order chi connectivity index (χ0) is 23.3. The highest BCUT2D eigenvalue weighted by Crippen LogP contribution is 2.29. The van der Waals surface area contributed by atoms with Crippen LogP contribution in [0.2, 0.25) is 0 Å². The van der Waals surface area contributed by atoms with Crippen molar-refractivity contribution < 1.29 is 27.9 Å². The highest BCUT2D eigenvalue weighted by Gasteiger charge is 2.38. The fourth-order valence-corrected chi connectivity index (χ4v) is 3.42. The first kappa shape index (κ1) is 23.0. The number of halogens is 3. The van der Waals surface area contributed by atoms with Gasteiger partial charge in [-0.05, 0) is 48.5 Å². The summed E-state index contributed by atoms with van der Waals surface area (Å²) in [7, 11) is 0. The van der Waals surface area contributed by atoms with Crippen LogP contribution < -0.4 is 5.32 Å². The van der Waals surface area contributed by atoms with E-state index in [-0.39, 0.29) is 5.91 Å². The van der Waals surface area contributed by atoms with Crippen molar-refractivity contribution in [2.75, 3.05) is 5.32 Å². The van der Waals surface area contributed by atoms with Gasteiger partial charge in [0.05, 0.1) is 16.6 Å². The van der Waals surface area contributed by atoms with Gasteiger partial charge < -0.3 is 10.4 Å². The summed E-state index contributed by atoms with van der Waals surface area (Å²) in [6, 6.07) is 11.7. The maximum Gasteiger partial charge on any atom is 0.490 e. The number of rotatable bonds is 3. The van der Waals surface area contributed by atoms with Gasteiger partial charge in [-0.15, -0.1) is 0 Å². The lowest BCUT2D eigenvalue weighted by molar-refractivity contribution is -0.192. The van der Waals surface area contributed by atoms with Crippen LogP contribution >= 0.6 is 11.8 Å². The average molecular weight is 463 g/mol. The maximum atomic E-state index is 12.2. The first-order valence-electron chi connectivity index (χ1n) is 9.13. The molecule has 1 aliphatic heterocycles. The minimum Gasteiger partial charge on any atom is -0.475 e. The number of aromatic nitrogens is 3. The number of benzene rings is 1. The smallest absolute Gasteiger partial charge is 0.475 e. The summed E-state index contributed by atoms with van der Waals surface area (Å²) < 4.78 is 33.5. The number of pyridine rings is 1. The number of aliphatic imine (C=N–C) groups is 1. The number of aryl methyl sites for hydroxylation is 1. The number of hydrogen-bond donors (Lipinski definition) is 2. The third-order valence-electron chi connectivity index (χ3n) is 4.04. The summed E-state index contributed by atoms with van der Waals surface area (Å²) in [6.07, 6.45) is 0.256. The number of aliphatic carboxylic acids is 1. The molecule has 0 fully saturated rings. The molecule has 2 aromatic heterocycles. The van der Waals surface area contributed by atoms with Crippen molar-refractivity contribution >= 4 is 51.6 Å². The van der Waals surface area contributed by atoms with Gasteiger partial charge >= 0.3 is 12.1 Å². The van der Waals surface area contributed by atoms with Crippen molar-refractivity contribution in [3.63, 3.8) is 0 Å². The van der Waals surface area contributed by atoms with Gasteiger partial charge in [0.2, 0.25) is 0 Å². The first-order chi connectivity index (χ1) is 15.2. The Morgan fingerprint density at radius 3 is 2.69 bits per heavy atom. The molecule has 166 valence electrons. The molecule has 3 aromatic rings. The molecule has 0 spiro atoms. The predicted octanol–water partition coefficient (Wildman–Crippen LogP) is 4.17. The monoisotopic (exact) mass is 463 g/mol. The maximum absolute atomic E-state index is 12.2. The number of amidine groups is 1. The van der Waals surface area contributed by atoms with Crippen molar-refractivity contribution in [1.29, 1.82) is 0 Å². The lowest BCUT2D eigenvalue weighted by Crippen LogP contribution is -2.21. The SMILES string of the molecule is CCn1nccc1NC1=NC(=O)/C(=C/c2ccc3ncccc3c2)S1.O=C(O)C(F)(F)F. The highest BCUT2D eigenvalue weighted by atomic mass is 32.2. The van der Waals surface area contributed by atoms with Crippen molar-refractivity contribution in [3.05, 3.63) is 59.3 Å². The summed E-state index contributed by atoms with van der Waals surface area (Å²) in [5, 5.41) is 16.1. The molecule has 0 radical (unpaired) electrons. The van der Waals surface area contributed by atoms with Gasteiger partial charge in [0.1, 0.15) is 5.82 Å². The van der Waals surface area contributed by atoms with Gasteiger partial charge in [0.15, 0.2) is 5.17 Å². The lowest BCUT2D eigenvalue weighted by Gasteiger charge is -2.06. The molecule has 1 aliphatic rings. The van der Waals surface area contributed by atoms with Crippen molar-refractivity contribution in [1.82, 2.24) is 14.8 Å². The Morgan fingerprint density at radius 2 is 2.00 bits per heavy atom. The predicted molar refractivity (Wildman–Crippen MR) is 115 cm³/mol. The average Bonchev–Trinajstić information content (AvgIpc) is 3.33. The number of carboxylic acid groups (broad SMARTS) is 1. The molecule has 3 heterocycles. The van der Waals surface area contributed by atoms with Crippen LogP contribution in [0.4, 0.5) is 19.0 Å². The lowest BCUT2D eigenvalue weighted by atomic mass is 10.1. The van der Waals surface area contributed by atoms with E-state index in [1.807, 2.05) is 54.1 Å². The third-order valence-corrected chi connectivity index (χ3v) is 4.94. The molecular formula is C20H16F3N5O3S. The van der Waals surface area contributed by atoms with Crippen LogP contribution in [0.1, 0.15) is 12.5 Å². The van der Waals surface area contributed by atoms with Crippen LogP contribution in [0, 0.1) is 0 Å². The van der Waals surface area contributed by atoms with Gasteiger partial charge in [0.25, 0.3) is 5.91 Å². The number of carbonyl (C=O) groups excluding carboxylic acids is 1. The normalized spacial score (nSPS) is 14.8. The van der Waals surface area contributed by atoms with E-state index in [9.17, 15) is 18.0 Å². The van der Waals surface area contributed by atoms with Crippen LogP contribution in [0.3, 0.4) is 0 Å². The molecule has 1 aromatic carbocycles. The Kier molecular flexibility index (Phi) is 6.93. The number of hydrogen-bond acceptors (Lipinski definition) is 6. The summed E-state index contributed by atoms with van der Waals surface area (Å²) in [5.74, 6) is -2.17. The van der Waals surface area contributed by atoms with Gasteiger partial charge in [0, 0.05) is 24.2 Å². The summed E-state index contributed by atoms with van der Waals surface area (Å²) >= 11 is 1.33. The van der Waals surface area contributed by atoms with E-state index in [1.165, 1.54) is 11.8 Å². The molecule has 0 atom stereocenters. The largest absolute Gasteiger partial charge is 0.490 e. The second-order valence-corrected chi connectivity index (χ2v) is 7.28. The first-order valence-corrected chi connectivity index (χ1v) is 9.95. The van der Waals surface area contributed by atoms with E-state index >= 15 is 0 Å². The van der Waals surface area contributed by atoms with E-state index < -0.39 is 12.1 Å². The molecule has 8 nitrogen and oxygen atoms in total. The molecule has 32 heavy (non-hydrogen) atoms. The molecular weight excluding hydrogens is 447 g/mol. The van der Waals surface area contributed by atoms with E-state index in [0.29, 0.717) is 10.1 Å². The minimum absolute atomic E-state index is 0.235. The summed E-state index contributed by atoms with van der Waals surface area (Å²) in [6.45, 7) is 2.75. The summed E-state index contributed by atoms with van der Waals surface area (Å²) in [4.78, 5) is 30.1. The Labute approximate surface area is 183 Å². The molecule has 12 heteroatoms. The molecule has 0 saturated carbocycles. The van der Waals surface area contributed by atoms with Crippen LogP contribution in [0.25, 0.3) is 17.0 Å². The van der Waals surface area contributed by atoms with Gasteiger partial charge in [-0.3, -0.25) is 9.78 Å². The number of anilines is 1. The van der Waals surface area contributed by atoms with Crippen LogP contribution in [-0.4, -0.2) is 43.1 Å². The molecule has 2 N–H and O–H groups in total. The number of nitrogens with one attached hydrogen (secondary N) is 1. The number of alkyl halides is 3. The topological polar surface area (TPSA) is 109 Å². The second-order valence-electron chi connectivity index (χ2n) is 6.25. The Morgan fingerprint density at radius 1 is 1.25 bits per heavy atom. The van der Waals surface area contributed by atoms with Gasteiger partial charge in [-0.2, -0.15) is 23.3 Å². The fraction of sp³-hybridized carbons (Fsp3) is 0.150. The fourth-order valence-electron chi connectivity index (χ4n) is 2.60. The molecule has 4 rings (SSSR count). The summed E-state index contributed by atoms with van der Waals surface area (Å²) in [5.41, 5.74) is 1.88. The van der Waals surface area contributed by atoms with E-state index in [2.05, 4.69) is 20.4 Å². The number of thioether (sulfide) groups is 1. The third kappa shape index (κ3) is 5.72. The minimum atomic E-state index is -5.08. The van der Waals surface area contributed by atoms with Crippen LogP contribution in [0.5, 0.6) is 0 Å². The van der Waals surface area contributed by atoms with Crippen molar-refractivity contribution in [2.45, 2.75) is 19.6 Å². The van der Waals surface area contributed by atoms with Crippen LogP contribution in [0.15, 0.2) is 58.7 Å². The standard InChI is InChI=1S/C18H15N5OS.C2HF3O2/c1-2-23-16(7-9-20-23)21-18-22-17(24)15(25-18)11-12-5-6-14-13(10-12)4-3-8-19-14;3-2(4,5)1(6)7/h3-11H,2H2,1H3,(H,21,22,24);(H,6,7)/b15-11-;. The Balaban J connectivity index is 0.000000360. The second kappa shape index (κ2) is 9.64. The molecule has 0 unspecified atom stereocenters. The molecule has 0 bridgehead atoms. The van der Waals surface area contributed by atoms with E-state index in [0.717, 1.165) is 28.8 Å². The van der Waals surface area contributed by atoms with E-state index in [4.69, 9.17) is 9.90 Å². The van der Waals surface area contributed by atoms with Crippen molar-refractivity contribution in [3.8, 4) is 0 Å². The zero-order valence-corrected chi connectivity index (χ0v) is 17.3. The van der Waals surface area contributed by atoms with Crippen molar-refractivity contribution in [2.24, 2.45) is 4.99 Å². The highest BCUT2D eigenvalue weighted by molar-refractivity contribution is 8.18. The number of carboxylic acids is 1. The zero-order valence-electron chi connectivity index (χ0n) is 16.5. The number of nitrogens with zero attached hydrogens (tertiary/aromatic N) is 4. The Hall–Kier alpha value is -3.67. The number of amides is 1. The van der Waals surface area contributed by atoms with Gasteiger partial charge in [-0.1, -0.05) is 12.1 Å². The van der Waals surface area contributed by atoms with E-state index in [1.54, 1.807) is 12.4 Å².